The smallest absolute Gasteiger partial charge is 0.0614 e. The zero-order chi connectivity index (χ0) is 11.3. The molecule has 2 N–H and O–H groups in total. The maximum absolute atomic E-state index is 6.03. The fourth-order valence-corrected chi connectivity index (χ4v) is 2.72. The average Bonchev–Trinajstić information content (AvgIpc) is 3.04. The topological polar surface area (TPSA) is 24.1 Å². The molecule has 0 spiro atoms. The molecule has 1 heterocycles. The fraction of sp³-hybridized carbons (Fsp3) is 0.500. The van der Waals surface area contributed by atoms with Gasteiger partial charge in [-0.3, -0.25) is 0 Å². The monoisotopic (exact) mass is 256 g/mol. The largest absolute Gasteiger partial charge is 0.381 e. The van der Waals surface area contributed by atoms with Crippen molar-refractivity contribution in [2.75, 3.05) is 17.2 Å². The Bertz CT molecular complexity index is 443. The normalized spacial score (nSPS) is 27.9. The van der Waals surface area contributed by atoms with E-state index in [4.69, 9.17) is 23.2 Å². The van der Waals surface area contributed by atoms with Crippen molar-refractivity contribution in [3.63, 3.8) is 0 Å². The molecule has 0 amide bonds. The lowest BCUT2D eigenvalue weighted by molar-refractivity contribution is 0.466. The van der Waals surface area contributed by atoms with E-state index in [1.54, 1.807) is 0 Å². The van der Waals surface area contributed by atoms with E-state index in [1.165, 1.54) is 12.8 Å². The average molecular weight is 257 g/mol. The molecule has 0 bridgehead atoms. The van der Waals surface area contributed by atoms with Gasteiger partial charge in [0.25, 0.3) is 0 Å². The number of hydrogen-bond donors (Lipinski definition) is 2. The van der Waals surface area contributed by atoms with Gasteiger partial charge >= 0.3 is 0 Å². The molecular weight excluding hydrogens is 243 g/mol. The number of fused-ring (bicyclic) bond motifs is 1. The third-order valence-corrected chi connectivity index (χ3v) is 4.33. The summed E-state index contributed by atoms with van der Waals surface area (Å²) < 4.78 is 0. The van der Waals surface area contributed by atoms with Crippen LogP contribution in [0.15, 0.2) is 12.1 Å². The third kappa shape index (κ3) is 1.64. The van der Waals surface area contributed by atoms with Gasteiger partial charge in [-0.25, -0.2) is 0 Å². The molecule has 1 atom stereocenters. The lowest BCUT2D eigenvalue weighted by Gasteiger charge is -2.38. The number of anilines is 2. The lowest BCUT2D eigenvalue weighted by atomic mass is 9.93. The van der Waals surface area contributed by atoms with Crippen molar-refractivity contribution in [2.24, 2.45) is 5.92 Å². The highest BCUT2D eigenvalue weighted by Crippen LogP contribution is 2.45. The number of nitrogens with one attached hydrogen (secondary N) is 2. The Morgan fingerprint density at radius 1 is 1.19 bits per heavy atom. The van der Waals surface area contributed by atoms with Crippen molar-refractivity contribution in [1.29, 1.82) is 0 Å². The van der Waals surface area contributed by atoms with E-state index >= 15 is 0 Å². The Hall–Kier alpha value is -0.600. The van der Waals surface area contributed by atoms with Crippen LogP contribution < -0.4 is 10.6 Å². The zero-order valence-corrected chi connectivity index (χ0v) is 10.6. The Morgan fingerprint density at radius 3 is 2.44 bits per heavy atom. The Kier molecular flexibility index (Phi) is 2.27. The van der Waals surface area contributed by atoms with Crippen molar-refractivity contribution in [3.05, 3.63) is 22.2 Å². The van der Waals surface area contributed by atoms with Gasteiger partial charge in [0.15, 0.2) is 0 Å². The predicted octanol–water partition coefficient (Wildman–Crippen LogP) is 4.00. The van der Waals surface area contributed by atoms with Gasteiger partial charge in [0.2, 0.25) is 0 Å². The van der Waals surface area contributed by atoms with Crippen LogP contribution in [0.5, 0.6) is 0 Å². The van der Waals surface area contributed by atoms with Crippen molar-refractivity contribution in [1.82, 2.24) is 0 Å². The summed E-state index contributed by atoms with van der Waals surface area (Å²) in [4.78, 5) is 0. The first kappa shape index (κ1) is 10.5. The highest BCUT2D eigenvalue weighted by molar-refractivity contribution is 6.42. The maximum Gasteiger partial charge on any atom is 0.0614 e. The van der Waals surface area contributed by atoms with E-state index in [2.05, 4.69) is 17.6 Å². The van der Waals surface area contributed by atoms with Crippen molar-refractivity contribution in [3.8, 4) is 0 Å². The summed E-state index contributed by atoms with van der Waals surface area (Å²) >= 11 is 12.0. The second-order valence-electron chi connectivity index (χ2n) is 4.98. The van der Waals surface area contributed by atoms with Crippen LogP contribution in [0.2, 0.25) is 10.0 Å². The number of hydrogen-bond acceptors (Lipinski definition) is 2. The molecule has 3 rings (SSSR count). The van der Waals surface area contributed by atoms with E-state index in [-0.39, 0.29) is 5.54 Å². The summed E-state index contributed by atoms with van der Waals surface area (Å²) in [7, 11) is 0. The molecule has 0 radical (unpaired) electrons. The van der Waals surface area contributed by atoms with Gasteiger partial charge in [-0.2, -0.15) is 0 Å². The first-order valence-corrected chi connectivity index (χ1v) is 6.35. The van der Waals surface area contributed by atoms with Crippen molar-refractivity contribution in [2.45, 2.75) is 25.3 Å². The van der Waals surface area contributed by atoms with Gasteiger partial charge in [0.05, 0.1) is 27.0 Å². The minimum atomic E-state index is 0.157. The molecule has 16 heavy (non-hydrogen) atoms. The predicted molar refractivity (Wildman–Crippen MR) is 69.7 cm³/mol. The first-order chi connectivity index (χ1) is 7.58. The zero-order valence-electron chi connectivity index (χ0n) is 9.11. The van der Waals surface area contributed by atoms with Crippen LogP contribution in [0.4, 0.5) is 11.4 Å². The maximum atomic E-state index is 6.03. The summed E-state index contributed by atoms with van der Waals surface area (Å²) in [6.45, 7) is 3.21. The van der Waals surface area contributed by atoms with Crippen LogP contribution in [-0.4, -0.2) is 12.1 Å². The lowest BCUT2D eigenvalue weighted by Crippen LogP contribution is -2.47. The molecule has 1 aliphatic heterocycles. The SMILES string of the molecule is CC1(C2CC2)CNc2cc(Cl)c(Cl)cc2N1. The van der Waals surface area contributed by atoms with E-state index < -0.39 is 0 Å². The molecule has 2 nitrogen and oxygen atoms in total. The van der Waals surface area contributed by atoms with E-state index in [9.17, 15) is 0 Å². The minimum Gasteiger partial charge on any atom is -0.381 e. The molecule has 1 aromatic carbocycles. The summed E-state index contributed by atoms with van der Waals surface area (Å²) in [5.74, 6) is 0.780. The van der Waals surface area contributed by atoms with Gasteiger partial charge in [-0.15, -0.1) is 0 Å². The Balaban J connectivity index is 1.96. The van der Waals surface area contributed by atoms with Gasteiger partial charge in [0, 0.05) is 6.54 Å². The van der Waals surface area contributed by atoms with Crippen molar-refractivity contribution >= 4 is 34.6 Å². The van der Waals surface area contributed by atoms with Crippen LogP contribution in [0.3, 0.4) is 0 Å². The van der Waals surface area contributed by atoms with Gasteiger partial charge in [-0.1, -0.05) is 23.2 Å². The molecule has 0 saturated heterocycles. The molecule has 86 valence electrons. The van der Waals surface area contributed by atoms with Crippen LogP contribution in [0, 0.1) is 5.92 Å². The number of benzene rings is 1. The van der Waals surface area contributed by atoms with Gasteiger partial charge in [-0.05, 0) is 37.8 Å². The van der Waals surface area contributed by atoms with Crippen molar-refractivity contribution < 1.29 is 0 Å². The second-order valence-corrected chi connectivity index (χ2v) is 5.80. The quantitative estimate of drug-likeness (QED) is 0.794. The first-order valence-electron chi connectivity index (χ1n) is 5.59. The number of rotatable bonds is 1. The molecule has 1 aromatic rings. The molecule has 0 aromatic heterocycles. The van der Waals surface area contributed by atoms with Gasteiger partial charge in [0.1, 0.15) is 0 Å². The van der Waals surface area contributed by atoms with E-state index in [1.807, 2.05) is 12.1 Å². The van der Waals surface area contributed by atoms with Crippen LogP contribution in [-0.2, 0) is 0 Å². The summed E-state index contributed by atoms with van der Waals surface area (Å²) in [6.07, 6.45) is 2.64. The van der Waals surface area contributed by atoms with Crippen LogP contribution >= 0.6 is 23.2 Å². The number of halogens is 2. The molecular formula is C12H14Cl2N2. The Labute approximate surface area is 105 Å². The summed E-state index contributed by atoms with van der Waals surface area (Å²) in [5, 5.41) is 8.24. The van der Waals surface area contributed by atoms with E-state index in [0.717, 1.165) is 23.8 Å². The van der Waals surface area contributed by atoms with Crippen LogP contribution in [0.25, 0.3) is 0 Å². The van der Waals surface area contributed by atoms with Gasteiger partial charge < -0.3 is 10.6 Å². The molecule has 1 fully saturated rings. The van der Waals surface area contributed by atoms with Crippen LogP contribution in [0.1, 0.15) is 19.8 Å². The van der Waals surface area contributed by atoms with E-state index in [0.29, 0.717) is 10.0 Å². The molecule has 2 aliphatic rings. The highest BCUT2D eigenvalue weighted by atomic mass is 35.5. The fourth-order valence-electron chi connectivity index (χ4n) is 2.39. The molecule has 1 unspecified atom stereocenters. The second kappa shape index (κ2) is 3.44. The summed E-state index contributed by atoms with van der Waals surface area (Å²) in [5.41, 5.74) is 2.27. The Morgan fingerprint density at radius 2 is 1.81 bits per heavy atom. The minimum absolute atomic E-state index is 0.157. The highest BCUT2D eigenvalue weighted by Gasteiger charge is 2.43. The standard InChI is InChI=1S/C12H14Cl2N2/c1-12(7-2-3-7)6-15-10-4-8(13)9(14)5-11(10)16-12/h4-5,7,15-16H,2-3,6H2,1H3. The third-order valence-electron chi connectivity index (χ3n) is 3.61. The summed E-state index contributed by atoms with van der Waals surface area (Å²) in [6, 6.07) is 3.80. The molecule has 4 heteroatoms. The molecule has 1 aliphatic carbocycles. The molecule has 1 saturated carbocycles.